The number of anilines is 1. The highest BCUT2D eigenvalue weighted by Gasteiger charge is 2.48. The molecular weight excluding hydrogens is 519 g/mol. The number of benzene rings is 1. The zero-order valence-electron chi connectivity index (χ0n) is 23.3. The van der Waals surface area contributed by atoms with Crippen LogP contribution in [-0.4, -0.2) is 58.5 Å². The number of halogens is 1. The number of hydrogen-bond acceptors (Lipinski definition) is 6. The van der Waals surface area contributed by atoms with E-state index < -0.39 is 47.6 Å². The first-order valence-electron chi connectivity index (χ1n) is 12.5. The van der Waals surface area contributed by atoms with Crippen molar-refractivity contribution < 1.29 is 33.0 Å². The molecule has 40 heavy (non-hydrogen) atoms. The van der Waals surface area contributed by atoms with Crippen LogP contribution in [0.25, 0.3) is 4.85 Å². The fraction of sp³-hybridized carbons (Fsp3) is 0.414. The van der Waals surface area contributed by atoms with Crippen molar-refractivity contribution >= 4 is 34.9 Å². The molecule has 3 rings (SSSR count). The van der Waals surface area contributed by atoms with Crippen LogP contribution in [-0.2, 0) is 26.1 Å². The van der Waals surface area contributed by atoms with Gasteiger partial charge in [0.05, 0.1) is 31.3 Å². The molecular formula is C29H31FN4O6. The van der Waals surface area contributed by atoms with Gasteiger partial charge in [0.1, 0.15) is 11.5 Å². The maximum absolute atomic E-state index is 13.7. The van der Waals surface area contributed by atoms with Crippen LogP contribution in [0.3, 0.4) is 0 Å². The Bertz CT molecular complexity index is 1460. The monoisotopic (exact) mass is 550 g/mol. The molecule has 0 bridgehead atoms. The van der Waals surface area contributed by atoms with E-state index in [1.165, 1.54) is 23.6 Å². The largest absolute Gasteiger partial charge is 0.444 e. The van der Waals surface area contributed by atoms with E-state index in [1.807, 2.05) is 13.8 Å². The minimum Gasteiger partial charge on any atom is -0.444 e. The summed E-state index contributed by atoms with van der Waals surface area (Å²) in [6, 6.07) is 3.57. The average Bonchev–Trinajstić information content (AvgIpc) is 3.12. The molecule has 0 aliphatic carbocycles. The molecule has 2 heterocycles. The molecule has 1 aromatic heterocycles. The van der Waals surface area contributed by atoms with E-state index in [2.05, 4.69) is 16.1 Å². The summed E-state index contributed by atoms with van der Waals surface area (Å²) in [5.74, 6) is -1.78. The maximum Gasteiger partial charge on any atom is 0.310 e. The minimum absolute atomic E-state index is 0.00195. The van der Waals surface area contributed by atoms with Crippen molar-refractivity contribution in [3.63, 3.8) is 0 Å². The first-order chi connectivity index (χ1) is 18.8. The molecule has 1 aliphatic heterocycles. The number of ketones is 1. The number of terminal acetylenes is 1. The highest BCUT2D eigenvalue weighted by Crippen LogP contribution is 2.29. The van der Waals surface area contributed by atoms with Gasteiger partial charge in [0.15, 0.2) is 12.3 Å². The molecule has 10 nitrogen and oxygen atoms in total. The summed E-state index contributed by atoms with van der Waals surface area (Å²) in [5, 5.41) is 2.60. The van der Waals surface area contributed by atoms with Gasteiger partial charge in [-0.15, -0.1) is 6.42 Å². The van der Waals surface area contributed by atoms with Crippen LogP contribution >= 0.6 is 0 Å². The summed E-state index contributed by atoms with van der Waals surface area (Å²) in [4.78, 5) is 57.0. The van der Waals surface area contributed by atoms with Gasteiger partial charge in [-0.3, -0.25) is 24.1 Å². The molecule has 0 saturated carbocycles. The molecule has 2 amide bonds. The van der Waals surface area contributed by atoms with Crippen LogP contribution < -0.4 is 5.32 Å². The maximum atomic E-state index is 13.7. The predicted molar refractivity (Wildman–Crippen MR) is 144 cm³/mol. The fourth-order valence-corrected chi connectivity index (χ4v) is 4.25. The van der Waals surface area contributed by atoms with Crippen molar-refractivity contribution in [2.24, 2.45) is 18.9 Å². The predicted octanol–water partition coefficient (Wildman–Crippen LogP) is 3.79. The van der Waals surface area contributed by atoms with Crippen LogP contribution in [0.5, 0.6) is 0 Å². The molecule has 1 saturated heterocycles. The quantitative estimate of drug-likeness (QED) is 0.127. The Balaban J connectivity index is 1.93. The van der Waals surface area contributed by atoms with Gasteiger partial charge in [-0.2, -0.15) is 0 Å². The molecule has 1 atom stereocenters. The van der Waals surface area contributed by atoms with Crippen molar-refractivity contribution in [1.82, 2.24) is 9.47 Å². The van der Waals surface area contributed by atoms with Gasteiger partial charge in [0.2, 0.25) is 5.69 Å². The number of aromatic nitrogens is 1. The molecule has 1 fully saturated rings. The first kappa shape index (κ1) is 30.1. The van der Waals surface area contributed by atoms with Crippen molar-refractivity contribution in [3.05, 3.63) is 57.9 Å². The van der Waals surface area contributed by atoms with Gasteiger partial charge in [-0.05, 0) is 43.5 Å². The number of Topliss-reactive ketones (excluding diaryl/α,β-unsaturated/α-hetero) is 1. The van der Waals surface area contributed by atoms with E-state index in [0.717, 1.165) is 11.0 Å². The van der Waals surface area contributed by atoms with Gasteiger partial charge >= 0.3 is 5.97 Å². The molecule has 0 radical (unpaired) electrons. The van der Waals surface area contributed by atoms with Crippen molar-refractivity contribution in [2.75, 3.05) is 25.3 Å². The lowest BCUT2D eigenvalue weighted by molar-refractivity contribution is -0.175. The lowest BCUT2D eigenvalue weighted by Gasteiger charge is -2.44. The fourth-order valence-electron chi connectivity index (χ4n) is 4.25. The zero-order valence-corrected chi connectivity index (χ0v) is 23.3. The van der Waals surface area contributed by atoms with Gasteiger partial charge in [-0.25, -0.2) is 9.24 Å². The Morgan fingerprint density at radius 2 is 1.93 bits per heavy atom. The van der Waals surface area contributed by atoms with E-state index in [-0.39, 0.29) is 47.3 Å². The molecule has 0 spiro atoms. The highest BCUT2D eigenvalue weighted by atomic mass is 19.1. The van der Waals surface area contributed by atoms with Crippen LogP contribution in [0.4, 0.5) is 15.8 Å². The number of amides is 2. The van der Waals surface area contributed by atoms with Crippen LogP contribution in [0.2, 0.25) is 0 Å². The zero-order chi connectivity index (χ0) is 29.9. The Kier molecular flexibility index (Phi) is 8.81. The van der Waals surface area contributed by atoms with Gasteiger partial charge in [-0.1, -0.05) is 26.7 Å². The average molecular weight is 551 g/mol. The van der Waals surface area contributed by atoms with E-state index >= 15 is 0 Å². The molecule has 2 aromatic rings. The summed E-state index contributed by atoms with van der Waals surface area (Å²) < 4.78 is 25.8. The van der Waals surface area contributed by atoms with E-state index in [1.54, 1.807) is 20.9 Å². The topological polar surface area (TPSA) is 111 Å². The molecule has 210 valence electrons. The van der Waals surface area contributed by atoms with Gasteiger partial charge < -0.3 is 19.4 Å². The van der Waals surface area contributed by atoms with Crippen molar-refractivity contribution in [3.8, 4) is 12.3 Å². The number of hydrogen-bond donors (Lipinski definition) is 1. The van der Waals surface area contributed by atoms with Crippen LogP contribution in [0, 0.1) is 50.4 Å². The SMILES string of the molecule is [C-]#[N+]c1cc(NC(=O)c2c(C)c(C(=O)C(=O)N(COC(=O)C(C)C(C)C)C3(C#C)COC3)c(C)n2C)ccc1F. The molecule has 1 N–H and O–H groups in total. The number of carbonyl (C=O) groups excluding carboxylic acids is 4. The summed E-state index contributed by atoms with van der Waals surface area (Å²) >= 11 is 0. The Morgan fingerprint density at radius 3 is 2.45 bits per heavy atom. The third-order valence-corrected chi connectivity index (χ3v) is 7.31. The Labute approximate surface area is 232 Å². The summed E-state index contributed by atoms with van der Waals surface area (Å²) in [6.07, 6.45) is 5.72. The van der Waals surface area contributed by atoms with Crippen molar-refractivity contribution in [2.45, 2.75) is 40.2 Å². The van der Waals surface area contributed by atoms with Gasteiger partial charge in [0, 0.05) is 18.4 Å². The molecule has 1 unspecified atom stereocenters. The van der Waals surface area contributed by atoms with Crippen LogP contribution in [0.1, 0.15) is 52.9 Å². The number of nitrogens with zero attached hydrogens (tertiary/aromatic N) is 3. The summed E-state index contributed by atoms with van der Waals surface area (Å²) in [6.45, 7) is 15.0. The number of esters is 1. The number of carbonyl (C=O) groups is 4. The lowest BCUT2D eigenvalue weighted by Crippen LogP contribution is -2.65. The molecule has 1 aromatic carbocycles. The van der Waals surface area contributed by atoms with Gasteiger partial charge in [0.25, 0.3) is 17.6 Å². The Hall–Kier alpha value is -4.48. The second-order valence-electron chi connectivity index (χ2n) is 10.1. The van der Waals surface area contributed by atoms with E-state index in [0.29, 0.717) is 5.69 Å². The number of rotatable bonds is 9. The smallest absolute Gasteiger partial charge is 0.310 e. The lowest BCUT2D eigenvalue weighted by atomic mass is 9.94. The Morgan fingerprint density at radius 1 is 1.27 bits per heavy atom. The normalized spacial score (nSPS) is 14.3. The second kappa shape index (κ2) is 11.7. The van der Waals surface area contributed by atoms with E-state index in [4.69, 9.17) is 22.5 Å². The highest BCUT2D eigenvalue weighted by molar-refractivity contribution is 6.43. The number of nitrogens with one attached hydrogen (secondary N) is 1. The minimum atomic E-state index is -1.27. The molecule has 11 heteroatoms. The standard InChI is InChI=1S/C29H31FN4O6/c1-9-29(13-39-14-29)34(15-40-28(38)17(4)16(2)3)27(37)25(35)23-18(5)24(33(8)19(23)6)26(36)32-20-10-11-21(30)22(12-20)31-7/h1,10-12,16-17H,13-15H2,2-6,8H3,(H,32,36). The summed E-state index contributed by atoms with van der Waals surface area (Å²) in [5.41, 5.74) is -0.689. The third-order valence-electron chi connectivity index (χ3n) is 7.31. The van der Waals surface area contributed by atoms with Crippen LogP contribution in [0.15, 0.2) is 18.2 Å². The summed E-state index contributed by atoms with van der Waals surface area (Å²) in [7, 11) is 1.56. The van der Waals surface area contributed by atoms with Crippen molar-refractivity contribution in [1.29, 1.82) is 0 Å². The third kappa shape index (κ3) is 5.47. The molecule has 1 aliphatic rings. The first-order valence-corrected chi connectivity index (χ1v) is 12.5. The number of ether oxygens (including phenoxy) is 2. The second-order valence-corrected chi connectivity index (χ2v) is 10.1. The van der Waals surface area contributed by atoms with E-state index in [9.17, 15) is 23.6 Å².